The fraction of sp³-hybridized carbons (Fsp3) is 0.143. The molecule has 0 heterocycles. The van der Waals surface area contributed by atoms with Gasteiger partial charge in [-0.1, -0.05) is 42.5 Å². The molecule has 0 radical (unpaired) electrons. The van der Waals surface area contributed by atoms with Gasteiger partial charge < -0.3 is 10.2 Å². The molecule has 0 aliphatic carbocycles. The molecule has 2 aromatic carbocycles. The van der Waals surface area contributed by atoms with E-state index in [4.69, 9.17) is 0 Å². The first-order valence-electron chi connectivity index (χ1n) is 5.41. The number of hydrogen-bond donors (Lipinski definition) is 2. The molecule has 0 saturated carbocycles. The van der Waals surface area contributed by atoms with Crippen LogP contribution in [0.5, 0.6) is 5.75 Å². The summed E-state index contributed by atoms with van der Waals surface area (Å²) >= 11 is 1.47. The molecule has 0 spiro atoms. The molecule has 2 N–H and O–H groups in total. The zero-order valence-electron chi connectivity index (χ0n) is 9.28. The Kier molecular flexibility index (Phi) is 4.07. The fourth-order valence-electron chi connectivity index (χ4n) is 1.59. The second-order valence-electron chi connectivity index (χ2n) is 3.67. The zero-order chi connectivity index (χ0) is 12.1. The van der Waals surface area contributed by atoms with Crippen molar-refractivity contribution < 1.29 is 10.2 Å². The van der Waals surface area contributed by atoms with E-state index < -0.39 is 0 Å². The minimum absolute atomic E-state index is 0.0447. The summed E-state index contributed by atoms with van der Waals surface area (Å²) in [5.41, 5.74) is 1.06. The van der Waals surface area contributed by atoms with E-state index in [2.05, 4.69) is 0 Å². The van der Waals surface area contributed by atoms with Gasteiger partial charge in [-0.3, -0.25) is 0 Å². The third kappa shape index (κ3) is 3.02. The van der Waals surface area contributed by atoms with Crippen molar-refractivity contribution in [2.75, 3.05) is 6.61 Å². The molecule has 0 fully saturated rings. The van der Waals surface area contributed by atoms with Crippen LogP contribution in [0.15, 0.2) is 59.5 Å². The van der Waals surface area contributed by atoms with Gasteiger partial charge in [0, 0.05) is 4.90 Å². The van der Waals surface area contributed by atoms with Gasteiger partial charge in [-0.05, 0) is 17.7 Å². The Morgan fingerprint density at radius 3 is 2.24 bits per heavy atom. The zero-order valence-corrected chi connectivity index (χ0v) is 10.1. The van der Waals surface area contributed by atoms with E-state index in [0.717, 1.165) is 10.5 Å². The van der Waals surface area contributed by atoms with Crippen LogP contribution in [0, 0.1) is 0 Å². The van der Waals surface area contributed by atoms with Crippen LogP contribution in [-0.2, 0) is 0 Å². The van der Waals surface area contributed by atoms with Crippen LogP contribution < -0.4 is 0 Å². The molecular formula is C14H14O2S. The molecule has 3 heteroatoms. The van der Waals surface area contributed by atoms with Crippen LogP contribution in [0.4, 0.5) is 0 Å². The maximum atomic E-state index is 9.70. The first kappa shape index (κ1) is 12.0. The number of phenols is 1. The molecule has 1 atom stereocenters. The number of aliphatic hydroxyl groups is 1. The number of phenolic OH excluding ortho intramolecular Hbond substituents is 1. The lowest BCUT2D eigenvalue weighted by molar-refractivity contribution is 0.296. The molecule has 1 unspecified atom stereocenters. The van der Waals surface area contributed by atoms with E-state index in [1.165, 1.54) is 11.8 Å². The van der Waals surface area contributed by atoms with E-state index in [0.29, 0.717) is 0 Å². The Balaban J connectivity index is 2.19. The smallest absolute Gasteiger partial charge is 0.129 e. The summed E-state index contributed by atoms with van der Waals surface area (Å²) in [5.74, 6) is 0.256. The monoisotopic (exact) mass is 246 g/mol. The third-order valence-electron chi connectivity index (χ3n) is 2.47. The minimum Gasteiger partial charge on any atom is -0.507 e. The quantitative estimate of drug-likeness (QED) is 0.814. The highest BCUT2D eigenvalue weighted by molar-refractivity contribution is 7.99. The van der Waals surface area contributed by atoms with Crippen molar-refractivity contribution in [3.63, 3.8) is 0 Å². The van der Waals surface area contributed by atoms with Gasteiger partial charge in [0.15, 0.2) is 0 Å². The number of aliphatic hydroxyl groups excluding tert-OH is 1. The molecule has 88 valence electrons. The number of hydrogen-bond acceptors (Lipinski definition) is 3. The van der Waals surface area contributed by atoms with Crippen LogP contribution in [-0.4, -0.2) is 16.8 Å². The lowest BCUT2D eigenvalue weighted by Crippen LogP contribution is -1.99. The molecule has 2 rings (SSSR count). The summed E-state index contributed by atoms with van der Waals surface area (Å²) in [6.07, 6.45) is 0. The Bertz CT molecular complexity index is 471. The lowest BCUT2D eigenvalue weighted by atomic mass is 10.2. The molecule has 0 bridgehead atoms. The maximum Gasteiger partial charge on any atom is 0.129 e. The first-order valence-corrected chi connectivity index (χ1v) is 6.29. The topological polar surface area (TPSA) is 40.5 Å². The van der Waals surface area contributed by atoms with Crippen molar-refractivity contribution >= 4 is 11.8 Å². The highest BCUT2D eigenvalue weighted by Crippen LogP contribution is 2.38. The average Bonchev–Trinajstić information content (AvgIpc) is 2.39. The molecule has 0 saturated heterocycles. The summed E-state index contributed by atoms with van der Waals surface area (Å²) < 4.78 is 0. The number of para-hydroxylation sites is 1. The van der Waals surface area contributed by atoms with Crippen molar-refractivity contribution in [3.05, 3.63) is 60.2 Å². The summed E-state index contributed by atoms with van der Waals surface area (Å²) in [6, 6.07) is 17.0. The van der Waals surface area contributed by atoms with Crippen molar-refractivity contribution in [2.45, 2.75) is 10.1 Å². The molecule has 0 amide bonds. The summed E-state index contributed by atoms with van der Waals surface area (Å²) in [6.45, 7) is 0.0447. The maximum absolute atomic E-state index is 9.70. The second kappa shape index (κ2) is 5.75. The fourth-order valence-corrected chi connectivity index (χ4v) is 2.61. The Morgan fingerprint density at radius 1 is 0.941 bits per heavy atom. The van der Waals surface area contributed by atoms with Gasteiger partial charge in [-0.2, -0.15) is 0 Å². The first-order chi connectivity index (χ1) is 8.31. The predicted molar refractivity (Wildman–Crippen MR) is 70.2 cm³/mol. The highest BCUT2D eigenvalue weighted by atomic mass is 32.2. The van der Waals surface area contributed by atoms with Gasteiger partial charge in [0.2, 0.25) is 0 Å². The molecule has 0 aromatic heterocycles. The normalized spacial score (nSPS) is 12.3. The summed E-state index contributed by atoms with van der Waals surface area (Å²) in [5, 5.41) is 19.1. The minimum atomic E-state index is -0.0514. The van der Waals surface area contributed by atoms with E-state index in [9.17, 15) is 10.2 Å². The van der Waals surface area contributed by atoms with Gasteiger partial charge >= 0.3 is 0 Å². The third-order valence-corrected chi connectivity index (χ3v) is 3.78. The van der Waals surface area contributed by atoms with Crippen molar-refractivity contribution in [2.24, 2.45) is 0 Å². The van der Waals surface area contributed by atoms with E-state index >= 15 is 0 Å². The SMILES string of the molecule is OCC(Sc1ccccc1O)c1ccccc1. The number of thioether (sulfide) groups is 1. The van der Waals surface area contributed by atoms with E-state index in [1.54, 1.807) is 12.1 Å². The molecule has 2 nitrogen and oxygen atoms in total. The molecular weight excluding hydrogens is 232 g/mol. The van der Waals surface area contributed by atoms with Crippen LogP contribution in [0.25, 0.3) is 0 Å². The number of aromatic hydroxyl groups is 1. The second-order valence-corrected chi connectivity index (χ2v) is 4.91. The average molecular weight is 246 g/mol. The largest absolute Gasteiger partial charge is 0.507 e. The number of rotatable bonds is 4. The molecule has 0 aliphatic heterocycles. The van der Waals surface area contributed by atoms with Crippen molar-refractivity contribution in [1.29, 1.82) is 0 Å². The Labute approximate surface area is 105 Å². The van der Waals surface area contributed by atoms with Crippen molar-refractivity contribution in [3.8, 4) is 5.75 Å². The van der Waals surface area contributed by atoms with Gasteiger partial charge in [-0.15, -0.1) is 11.8 Å². The van der Waals surface area contributed by atoms with Gasteiger partial charge in [0.25, 0.3) is 0 Å². The van der Waals surface area contributed by atoms with Crippen LogP contribution >= 0.6 is 11.8 Å². The summed E-state index contributed by atoms with van der Waals surface area (Å²) in [4.78, 5) is 0.787. The van der Waals surface area contributed by atoms with Gasteiger partial charge in [-0.25, -0.2) is 0 Å². The molecule has 17 heavy (non-hydrogen) atoms. The van der Waals surface area contributed by atoms with Gasteiger partial charge in [0.05, 0.1) is 11.9 Å². The molecule has 0 aliphatic rings. The predicted octanol–water partition coefficient (Wildman–Crippen LogP) is 3.22. The van der Waals surface area contributed by atoms with Crippen molar-refractivity contribution in [1.82, 2.24) is 0 Å². The number of benzene rings is 2. The Hall–Kier alpha value is -1.45. The van der Waals surface area contributed by atoms with Crippen LogP contribution in [0.2, 0.25) is 0 Å². The molecule has 2 aromatic rings. The lowest BCUT2D eigenvalue weighted by Gasteiger charge is -2.14. The van der Waals surface area contributed by atoms with Crippen LogP contribution in [0.1, 0.15) is 10.8 Å². The highest BCUT2D eigenvalue weighted by Gasteiger charge is 2.13. The van der Waals surface area contributed by atoms with E-state index in [1.807, 2.05) is 42.5 Å². The van der Waals surface area contributed by atoms with Crippen LogP contribution in [0.3, 0.4) is 0 Å². The Morgan fingerprint density at radius 2 is 1.59 bits per heavy atom. The van der Waals surface area contributed by atoms with Gasteiger partial charge in [0.1, 0.15) is 5.75 Å². The van der Waals surface area contributed by atoms with E-state index in [-0.39, 0.29) is 17.6 Å². The standard InChI is InChI=1S/C14H14O2S/c15-10-14(11-6-2-1-3-7-11)17-13-9-5-4-8-12(13)16/h1-9,14-16H,10H2. The summed E-state index contributed by atoms with van der Waals surface area (Å²) in [7, 11) is 0.